The normalized spacial score (nSPS) is 10.1. The van der Waals surface area contributed by atoms with Gasteiger partial charge in [-0.1, -0.05) is 29.8 Å². The number of benzene rings is 2. The maximum absolute atomic E-state index is 12.2. The van der Waals surface area contributed by atoms with Gasteiger partial charge in [0.05, 0.1) is 16.3 Å². The van der Waals surface area contributed by atoms with E-state index in [0.29, 0.717) is 16.3 Å². The molecule has 0 saturated heterocycles. The average Bonchev–Trinajstić information content (AvgIpc) is 2.41. The van der Waals surface area contributed by atoms with Crippen LogP contribution >= 0.6 is 11.6 Å². The number of anilines is 2. The fourth-order valence-corrected chi connectivity index (χ4v) is 2.00. The molecule has 19 heavy (non-hydrogen) atoms. The predicted octanol–water partition coefficient (Wildman–Crippen LogP) is 3.94. The fraction of sp³-hybridized carbons (Fsp3) is 0.133. The molecule has 2 N–H and O–H groups in total. The van der Waals surface area contributed by atoms with Crippen molar-refractivity contribution >= 4 is 28.9 Å². The third-order valence-corrected chi connectivity index (χ3v) is 3.14. The Labute approximate surface area is 117 Å². The first kappa shape index (κ1) is 13.4. The van der Waals surface area contributed by atoms with E-state index in [2.05, 4.69) is 10.6 Å². The third kappa shape index (κ3) is 3.06. The number of hydrogen-bond acceptors (Lipinski definition) is 2. The van der Waals surface area contributed by atoms with Crippen LogP contribution in [0.2, 0.25) is 5.02 Å². The molecule has 0 unspecified atom stereocenters. The number of amides is 1. The van der Waals surface area contributed by atoms with Crippen molar-refractivity contribution < 1.29 is 4.79 Å². The molecule has 3 nitrogen and oxygen atoms in total. The second-order valence-corrected chi connectivity index (χ2v) is 4.64. The van der Waals surface area contributed by atoms with Gasteiger partial charge >= 0.3 is 0 Å². The summed E-state index contributed by atoms with van der Waals surface area (Å²) < 4.78 is 0. The van der Waals surface area contributed by atoms with Gasteiger partial charge in [0.2, 0.25) is 0 Å². The minimum Gasteiger partial charge on any atom is -0.387 e. The maximum Gasteiger partial charge on any atom is 0.257 e. The molecule has 2 rings (SSSR count). The van der Waals surface area contributed by atoms with E-state index in [-0.39, 0.29) is 5.91 Å². The smallest absolute Gasteiger partial charge is 0.257 e. The highest BCUT2D eigenvalue weighted by Crippen LogP contribution is 2.23. The fourth-order valence-electron chi connectivity index (χ4n) is 1.82. The zero-order valence-electron chi connectivity index (χ0n) is 10.8. The van der Waals surface area contributed by atoms with Gasteiger partial charge in [-0.3, -0.25) is 4.79 Å². The van der Waals surface area contributed by atoms with Crippen molar-refractivity contribution in [2.45, 2.75) is 6.92 Å². The quantitative estimate of drug-likeness (QED) is 0.890. The van der Waals surface area contributed by atoms with E-state index >= 15 is 0 Å². The van der Waals surface area contributed by atoms with Gasteiger partial charge in [0.25, 0.3) is 5.91 Å². The summed E-state index contributed by atoms with van der Waals surface area (Å²) in [5.74, 6) is -0.183. The molecule has 1 amide bonds. The van der Waals surface area contributed by atoms with E-state index < -0.39 is 0 Å². The van der Waals surface area contributed by atoms with Crippen molar-refractivity contribution in [2.75, 3.05) is 17.7 Å². The molecular formula is C15H15ClN2O. The molecule has 0 heterocycles. The standard InChI is InChI=1S/C15H15ClN2O/c1-10-7-8-11(14(9-10)17-2)15(19)18-13-6-4-3-5-12(13)16/h3-9,17H,1-2H3,(H,18,19). The Hall–Kier alpha value is -2.00. The van der Waals surface area contributed by atoms with Crippen LogP contribution < -0.4 is 10.6 Å². The maximum atomic E-state index is 12.2. The molecule has 0 atom stereocenters. The Kier molecular flexibility index (Phi) is 4.07. The van der Waals surface area contributed by atoms with Crippen LogP contribution in [0.15, 0.2) is 42.5 Å². The Bertz CT molecular complexity index is 611. The van der Waals surface area contributed by atoms with E-state index in [1.807, 2.05) is 31.2 Å². The summed E-state index contributed by atoms with van der Waals surface area (Å²) in [6.07, 6.45) is 0. The van der Waals surface area contributed by atoms with Crippen molar-refractivity contribution in [2.24, 2.45) is 0 Å². The lowest BCUT2D eigenvalue weighted by molar-refractivity contribution is 0.102. The van der Waals surface area contributed by atoms with Crippen LogP contribution in [-0.4, -0.2) is 13.0 Å². The minimum atomic E-state index is -0.183. The number of hydrogen-bond donors (Lipinski definition) is 2. The van der Waals surface area contributed by atoms with Crippen LogP contribution in [0.5, 0.6) is 0 Å². The molecule has 0 bridgehead atoms. The van der Waals surface area contributed by atoms with Crippen LogP contribution in [0.25, 0.3) is 0 Å². The topological polar surface area (TPSA) is 41.1 Å². The van der Waals surface area contributed by atoms with Crippen LogP contribution in [0.3, 0.4) is 0 Å². The van der Waals surface area contributed by atoms with Crippen molar-refractivity contribution in [3.8, 4) is 0 Å². The zero-order valence-corrected chi connectivity index (χ0v) is 11.6. The van der Waals surface area contributed by atoms with Gasteiger partial charge in [0.1, 0.15) is 0 Å². The number of aryl methyl sites for hydroxylation is 1. The van der Waals surface area contributed by atoms with Gasteiger partial charge in [-0.15, -0.1) is 0 Å². The monoisotopic (exact) mass is 274 g/mol. The largest absolute Gasteiger partial charge is 0.387 e. The SMILES string of the molecule is CNc1cc(C)ccc1C(=O)Nc1ccccc1Cl. The van der Waals surface area contributed by atoms with Crippen molar-refractivity contribution in [3.63, 3.8) is 0 Å². The molecule has 0 aromatic heterocycles. The molecule has 2 aromatic rings. The number of carbonyl (C=O) groups is 1. The van der Waals surface area contributed by atoms with Gasteiger partial charge in [-0.25, -0.2) is 0 Å². The van der Waals surface area contributed by atoms with E-state index in [1.54, 1.807) is 25.2 Å². The first-order valence-corrected chi connectivity index (χ1v) is 6.34. The number of halogens is 1. The Morgan fingerprint density at radius 2 is 1.84 bits per heavy atom. The zero-order chi connectivity index (χ0) is 13.8. The third-order valence-electron chi connectivity index (χ3n) is 2.81. The molecular weight excluding hydrogens is 260 g/mol. The summed E-state index contributed by atoms with van der Waals surface area (Å²) in [7, 11) is 1.79. The minimum absolute atomic E-state index is 0.183. The molecule has 2 aromatic carbocycles. The van der Waals surface area contributed by atoms with E-state index in [9.17, 15) is 4.79 Å². The van der Waals surface area contributed by atoms with Crippen molar-refractivity contribution in [1.29, 1.82) is 0 Å². The number of carbonyl (C=O) groups excluding carboxylic acids is 1. The van der Waals surface area contributed by atoms with E-state index in [1.165, 1.54) is 0 Å². The van der Waals surface area contributed by atoms with Crippen molar-refractivity contribution in [1.82, 2.24) is 0 Å². The van der Waals surface area contributed by atoms with Crippen LogP contribution in [0.4, 0.5) is 11.4 Å². The average molecular weight is 275 g/mol. The summed E-state index contributed by atoms with van der Waals surface area (Å²) in [6, 6.07) is 12.8. The lowest BCUT2D eigenvalue weighted by Gasteiger charge is -2.11. The lowest BCUT2D eigenvalue weighted by Crippen LogP contribution is -2.14. The predicted molar refractivity (Wildman–Crippen MR) is 80.1 cm³/mol. The summed E-state index contributed by atoms with van der Waals surface area (Å²) in [5.41, 5.74) is 3.09. The van der Waals surface area contributed by atoms with Gasteiger partial charge in [-0.05, 0) is 36.8 Å². The highest BCUT2D eigenvalue weighted by Gasteiger charge is 2.12. The lowest BCUT2D eigenvalue weighted by atomic mass is 10.1. The van der Waals surface area contributed by atoms with Crippen LogP contribution in [0.1, 0.15) is 15.9 Å². The second-order valence-electron chi connectivity index (χ2n) is 4.23. The number of para-hydroxylation sites is 1. The van der Waals surface area contributed by atoms with E-state index in [4.69, 9.17) is 11.6 Å². The molecule has 0 aliphatic rings. The molecule has 4 heteroatoms. The highest BCUT2D eigenvalue weighted by molar-refractivity contribution is 6.34. The highest BCUT2D eigenvalue weighted by atomic mass is 35.5. The summed E-state index contributed by atoms with van der Waals surface area (Å²) >= 11 is 6.02. The Morgan fingerprint density at radius 1 is 1.11 bits per heavy atom. The first-order chi connectivity index (χ1) is 9.11. The van der Waals surface area contributed by atoms with E-state index in [0.717, 1.165) is 11.3 Å². The number of nitrogens with one attached hydrogen (secondary N) is 2. The van der Waals surface area contributed by atoms with Crippen LogP contribution in [-0.2, 0) is 0 Å². The molecule has 0 saturated carbocycles. The van der Waals surface area contributed by atoms with Crippen LogP contribution in [0, 0.1) is 6.92 Å². The second kappa shape index (κ2) is 5.76. The van der Waals surface area contributed by atoms with Gasteiger partial charge in [0.15, 0.2) is 0 Å². The van der Waals surface area contributed by atoms with Crippen molar-refractivity contribution in [3.05, 3.63) is 58.6 Å². The first-order valence-electron chi connectivity index (χ1n) is 5.96. The molecule has 0 spiro atoms. The molecule has 0 fully saturated rings. The van der Waals surface area contributed by atoms with Gasteiger partial charge in [-0.2, -0.15) is 0 Å². The molecule has 0 aliphatic heterocycles. The molecule has 98 valence electrons. The summed E-state index contributed by atoms with van der Waals surface area (Å²) in [4.78, 5) is 12.2. The number of rotatable bonds is 3. The van der Waals surface area contributed by atoms with Gasteiger partial charge < -0.3 is 10.6 Å². The van der Waals surface area contributed by atoms with Gasteiger partial charge in [0, 0.05) is 12.7 Å². The Morgan fingerprint density at radius 3 is 2.53 bits per heavy atom. The molecule has 0 aliphatic carbocycles. The summed E-state index contributed by atoms with van der Waals surface area (Å²) in [5, 5.41) is 6.36. The Balaban J connectivity index is 2.28. The molecule has 0 radical (unpaired) electrons. The summed E-state index contributed by atoms with van der Waals surface area (Å²) in [6.45, 7) is 1.98.